The van der Waals surface area contributed by atoms with E-state index < -0.39 is 0 Å². The molecule has 2 atom stereocenters. The summed E-state index contributed by atoms with van der Waals surface area (Å²) in [6, 6.07) is 19.8. The van der Waals surface area contributed by atoms with Crippen LogP contribution < -0.4 is 10.6 Å². The van der Waals surface area contributed by atoms with E-state index in [4.69, 9.17) is 8.83 Å². The SMILES string of the molecule is c1ccc([C@@H]2NCCC[C@@H]2NCc2cc(-c3ccoc3)cc3ccoc23)cc1. The lowest BCUT2D eigenvalue weighted by Crippen LogP contribution is -2.45. The van der Waals surface area contributed by atoms with Gasteiger partial charge in [-0.05, 0) is 54.8 Å². The van der Waals surface area contributed by atoms with Crippen molar-refractivity contribution in [3.8, 4) is 11.1 Å². The molecule has 4 nitrogen and oxygen atoms in total. The molecule has 0 aliphatic carbocycles. The monoisotopic (exact) mass is 372 g/mol. The minimum atomic E-state index is 0.332. The Morgan fingerprint density at radius 2 is 1.93 bits per heavy atom. The molecule has 0 spiro atoms. The van der Waals surface area contributed by atoms with Gasteiger partial charge in [-0.25, -0.2) is 0 Å². The molecule has 1 aliphatic rings. The Balaban J connectivity index is 1.41. The van der Waals surface area contributed by atoms with Gasteiger partial charge in [0.2, 0.25) is 0 Å². The van der Waals surface area contributed by atoms with E-state index in [0.29, 0.717) is 12.1 Å². The van der Waals surface area contributed by atoms with Gasteiger partial charge >= 0.3 is 0 Å². The van der Waals surface area contributed by atoms with Crippen molar-refractivity contribution in [3.05, 3.63) is 84.5 Å². The summed E-state index contributed by atoms with van der Waals surface area (Å²) in [6.45, 7) is 1.83. The zero-order chi connectivity index (χ0) is 18.8. The van der Waals surface area contributed by atoms with Gasteiger partial charge in [0.15, 0.2) is 0 Å². The van der Waals surface area contributed by atoms with E-state index in [1.54, 1.807) is 18.8 Å². The third-order valence-corrected chi connectivity index (χ3v) is 5.65. The molecule has 0 unspecified atom stereocenters. The van der Waals surface area contributed by atoms with Gasteiger partial charge in [-0.3, -0.25) is 0 Å². The van der Waals surface area contributed by atoms with Crippen LogP contribution in [0.3, 0.4) is 0 Å². The van der Waals surface area contributed by atoms with Crippen LogP contribution in [0.1, 0.15) is 30.0 Å². The Hall–Kier alpha value is -2.82. The summed E-state index contributed by atoms with van der Waals surface area (Å²) in [6.07, 6.45) is 7.61. The van der Waals surface area contributed by atoms with Crippen molar-refractivity contribution >= 4 is 11.0 Å². The lowest BCUT2D eigenvalue weighted by molar-refractivity contribution is 0.304. The number of piperidine rings is 1. The van der Waals surface area contributed by atoms with E-state index in [1.165, 1.54) is 17.5 Å². The van der Waals surface area contributed by atoms with Gasteiger partial charge in [-0.1, -0.05) is 30.3 Å². The molecule has 1 aliphatic heterocycles. The van der Waals surface area contributed by atoms with Gasteiger partial charge in [0.25, 0.3) is 0 Å². The van der Waals surface area contributed by atoms with Crippen molar-refractivity contribution in [2.75, 3.05) is 6.54 Å². The predicted octanol–water partition coefficient (Wildman–Crippen LogP) is 5.28. The lowest BCUT2D eigenvalue weighted by Gasteiger charge is -2.34. The van der Waals surface area contributed by atoms with Crippen LogP contribution in [0.4, 0.5) is 0 Å². The molecule has 5 rings (SSSR count). The molecule has 2 N–H and O–H groups in total. The highest BCUT2D eigenvalue weighted by Crippen LogP contribution is 2.30. The molecule has 2 aromatic heterocycles. The van der Waals surface area contributed by atoms with E-state index in [9.17, 15) is 0 Å². The fraction of sp³-hybridized carbons (Fsp3) is 0.250. The smallest absolute Gasteiger partial charge is 0.138 e. The standard InChI is InChI=1S/C24H24N2O2/c1-2-5-17(6-3-1)23-22(7-4-10-25-23)26-15-21-14-20(19-8-11-27-16-19)13-18-9-12-28-24(18)21/h1-3,5-6,8-9,11-14,16,22-23,25-26H,4,7,10,15H2/t22-,23-/m0/s1. The van der Waals surface area contributed by atoms with E-state index in [2.05, 4.69) is 53.1 Å². The second-order valence-electron chi connectivity index (χ2n) is 7.46. The van der Waals surface area contributed by atoms with Crippen molar-refractivity contribution in [1.82, 2.24) is 10.6 Å². The first-order valence-electron chi connectivity index (χ1n) is 9.93. The minimum absolute atomic E-state index is 0.332. The number of hydrogen-bond donors (Lipinski definition) is 2. The Labute approximate surface area is 164 Å². The fourth-order valence-electron chi connectivity index (χ4n) is 4.24. The summed E-state index contributed by atoms with van der Waals surface area (Å²) in [7, 11) is 0. The Morgan fingerprint density at radius 1 is 1.00 bits per heavy atom. The predicted molar refractivity (Wildman–Crippen MR) is 111 cm³/mol. The first-order valence-corrected chi connectivity index (χ1v) is 9.93. The quantitative estimate of drug-likeness (QED) is 0.501. The van der Waals surface area contributed by atoms with E-state index in [-0.39, 0.29) is 0 Å². The highest BCUT2D eigenvalue weighted by molar-refractivity contribution is 5.86. The summed E-state index contributed by atoms with van der Waals surface area (Å²) >= 11 is 0. The highest BCUT2D eigenvalue weighted by Gasteiger charge is 2.25. The molecule has 3 heterocycles. The Kier molecular flexibility index (Phi) is 4.73. The molecule has 0 saturated carbocycles. The number of furan rings is 2. The number of rotatable bonds is 5. The van der Waals surface area contributed by atoms with Gasteiger partial charge in [-0.15, -0.1) is 0 Å². The van der Waals surface area contributed by atoms with Gasteiger partial charge in [0.05, 0.1) is 18.8 Å². The summed E-state index contributed by atoms with van der Waals surface area (Å²) < 4.78 is 11.1. The van der Waals surface area contributed by atoms with Crippen molar-refractivity contribution in [2.24, 2.45) is 0 Å². The number of fused-ring (bicyclic) bond motifs is 1. The van der Waals surface area contributed by atoms with Crippen LogP contribution in [0.25, 0.3) is 22.1 Å². The topological polar surface area (TPSA) is 50.3 Å². The van der Waals surface area contributed by atoms with Crippen molar-refractivity contribution in [2.45, 2.75) is 31.5 Å². The Morgan fingerprint density at radius 3 is 2.79 bits per heavy atom. The zero-order valence-corrected chi connectivity index (χ0v) is 15.7. The van der Waals surface area contributed by atoms with Crippen molar-refractivity contribution < 1.29 is 8.83 Å². The van der Waals surface area contributed by atoms with Crippen LogP contribution in [0.5, 0.6) is 0 Å². The van der Waals surface area contributed by atoms with Gasteiger partial charge < -0.3 is 19.5 Å². The van der Waals surface area contributed by atoms with Gasteiger partial charge in [-0.2, -0.15) is 0 Å². The first-order chi connectivity index (χ1) is 13.9. The van der Waals surface area contributed by atoms with Crippen LogP contribution >= 0.6 is 0 Å². The molecule has 28 heavy (non-hydrogen) atoms. The molecule has 0 bridgehead atoms. The highest BCUT2D eigenvalue weighted by atomic mass is 16.3. The van der Waals surface area contributed by atoms with E-state index >= 15 is 0 Å². The van der Waals surface area contributed by atoms with Crippen LogP contribution in [0.2, 0.25) is 0 Å². The molecule has 1 saturated heterocycles. The molecule has 1 fully saturated rings. The minimum Gasteiger partial charge on any atom is -0.472 e. The second kappa shape index (κ2) is 7.66. The van der Waals surface area contributed by atoms with Crippen LogP contribution in [-0.2, 0) is 6.54 Å². The summed E-state index contributed by atoms with van der Waals surface area (Å²) in [5.74, 6) is 0. The molecule has 4 heteroatoms. The number of benzene rings is 2. The van der Waals surface area contributed by atoms with Crippen molar-refractivity contribution in [3.63, 3.8) is 0 Å². The largest absolute Gasteiger partial charge is 0.472 e. The molecule has 142 valence electrons. The van der Waals surface area contributed by atoms with Crippen LogP contribution in [-0.4, -0.2) is 12.6 Å². The summed E-state index contributed by atoms with van der Waals surface area (Å²) in [5.41, 5.74) is 5.72. The average Bonchev–Trinajstić information content (AvgIpc) is 3.44. The lowest BCUT2D eigenvalue weighted by atomic mass is 9.92. The van der Waals surface area contributed by atoms with E-state index in [1.807, 2.05) is 12.1 Å². The third-order valence-electron chi connectivity index (χ3n) is 5.65. The van der Waals surface area contributed by atoms with Gasteiger partial charge in [0, 0.05) is 35.1 Å². The van der Waals surface area contributed by atoms with Crippen molar-refractivity contribution in [1.29, 1.82) is 0 Å². The molecular weight excluding hydrogens is 348 g/mol. The molecule has 0 radical (unpaired) electrons. The first kappa shape index (κ1) is 17.3. The maximum absolute atomic E-state index is 5.79. The molecular formula is C24H24N2O2. The summed E-state index contributed by atoms with van der Waals surface area (Å²) in [5, 5.41) is 8.61. The number of hydrogen-bond acceptors (Lipinski definition) is 4. The Bertz CT molecular complexity index is 1040. The summed E-state index contributed by atoms with van der Waals surface area (Å²) in [4.78, 5) is 0. The second-order valence-corrected chi connectivity index (χ2v) is 7.46. The molecule has 0 amide bonds. The fourth-order valence-corrected chi connectivity index (χ4v) is 4.24. The maximum Gasteiger partial charge on any atom is 0.138 e. The maximum atomic E-state index is 5.79. The van der Waals surface area contributed by atoms with Gasteiger partial charge in [0.1, 0.15) is 5.58 Å². The molecule has 4 aromatic rings. The number of nitrogens with one attached hydrogen (secondary N) is 2. The normalized spacial score (nSPS) is 19.9. The molecule has 2 aromatic carbocycles. The van der Waals surface area contributed by atoms with Crippen LogP contribution in [0, 0.1) is 0 Å². The third kappa shape index (κ3) is 3.37. The zero-order valence-electron chi connectivity index (χ0n) is 15.7. The average molecular weight is 372 g/mol. The van der Waals surface area contributed by atoms with E-state index in [0.717, 1.165) is 41.6 Å². The van der Waals surface area contributed by atoms with Crippen LogP contribution in [0.15, 0.2) is 82.2 Å².